The van der Waals surface area contributed by atoms with Gasteiger partial charge >= 0.3 is 5.97 Å². The zero-order valence-corrected chi connectivity index (χ0v) is 14.3. The summed E-state index contributed by atoms with van der Waals surface area (Å²) in [6, 6.07) is 11.9. The normalized spacial score (nSPS) is 9.96. The van der Waals surface area contributed by atoms with Crippen molar-refractivity contribution in [1.29, 1.82) is 0 Å². The molecule has 0 spiro atoms. The second-order valence-corrected chi connectivity index (χ2v) is 5.36. The molecule has 140 valence electrons. The fraction of sp³-hybridized carbons (Fsp3) is 0.167. The Bertz CT molecular complexity index is 880. The first-order valence-corrected chi connectivity index (χ1v) is 7.79. The Kier molecular flexibility index (Phi) is 6.59. The van der Waals surface area contributed by atoms with E-state index in [-0.39, 0.29) is 17.2 Å². The van der Waals surface area contributed by atoms with Crippen molar-refractivity contribution in [3.05, 3.63) is 64.2 Å². The topological polar surface area (TPSA) is 125 Å². The van der Waals surface area contributed by atoms with Crippen molar-refractivity contribution in [1.82, 2.24) is 0 Å². The van der Waals surface area contributed by atoms with Gasteiger partial charge in [0, 0.05) is 11.6 Å². The number of amides is 1. The molecule has 0 aliphatic rings. The van der Waals surface area contributed by atoms with E-state index >= 15 is 0 Å². The summed E-state index contributed by atoms with van der Waals surface area (Å²) in [5.41, 5.74) is 0.163. The number of hydrogen-bond acceptors (Lipinski definition) is 7. The van der Waals surface area contributed by atoms with Gasteiger partial charge in [-0.05, 0) is 25.1 Å². The highest BCUT2D eigenvalue weighted by Crippen LogP contribution is 2.22. The summed E-state index contributed by atoms with van der Waals surface area (Å²) in [6.07, 6.45) is 0. The quantitative estimate of drug-likeness (QED) is 0.326. The van der Waals surface area contributed by atoms with Crippen LogP contribution in [0, 0.1) is 10.1 Å². The summed E-state index contributed by atoms with van der Waals surface area (Å²) in [5.74, 6) is -1.36. The van der Waals surface area contributed by atoms with E-state index < -0.39 is 30.0 Å². The van der Waals surface area contributed by atoms with Crippen LogP contribution in [0.4, 0.5) is 11.4 Å². The molecule has 0 unspecified atom stereocenters. The molecule has 0 fully saturated rings. The summed E-state index contributed by atoms with van der Waals surface area (Å²) < 4.78 is 9.98. The van der Waals surface area contributed by atoms with Crippen molar-refractivity contribution < 1.29 is 28.8 Å². The Hall–Kier alpha value is -3.75. The van der Waals surface area contributed by atoms with Crippen molar-refractivity contribution in [3.63, 3.8) is 0 Å². The highest BCUT2D eigenvalue weighted by molar-refractivity contribution is 5.95. The number of ether oxygens (including phenoxy) is 2. The van der Waals surface area contributed by atoms with Gasteiger partial charge in [0.15, 0.2) is 19.0 Å². The number of carbonyl (C=O) groups excluding carboxylic acids is 3. The van der Waals surface area contributed by atoms with Gasteiger partial charge in [-0.2, -0.15) is 0 Å². The predicted octanol–water partition coefficient (Wildman–Crippen LogP) is 2.36. The second-order valence-electron chi connectivity index (χ2n) is 5.36. The lowest BCUT2D eigenvalue weighted by molar-refractivity contribution is -0.383. The van der Waals surface area contributed by atoms with Crippen molar-refractivity contribution in [3.8, 4) is 5.75 Å². The number of nitro groups is 1. The Morgan fingerprint density at radius 1 is 1.07 bits per heavy atom. The number of nitrogens with one attached hydrogen (secondary N) is 1. The van der Waals surface area contributed by atoms with E-state index in [9.17, 15) is 24.5 Å². The molecule has 2 aromatic carbocycles. The van der Waals surface area contributed by atoms with Crippen molar-refractivity contribution in [2.24, 2.45) is 0 Å². The number of benzene rings is 2. The van der Waals surface area contributed by atoms with E-state index in [2.05, 4.69) is 5.32 Å². The van der Waals surface area contributed by atoms with Gasteiger partial charge in [-0.15, -0.1) is 0 Å². The van der Waals surface area contributed by atoms with Crippen LogP contribution in [-0.2, 0) is 14.3 Å². The van der Waals surface area contributed by atoms with Gasteiger partial charge in [-0.3, -0.25) is 19.7 Å². The first-order chi connectivity index (χ1) is 12.9. The number of rotatable bonds is 8. The number of Topliss-reactive ketones (excluding diaryl/α,β-unsaturated/α-hetero) is 1. The lowest BCUT2D eigenvalue weighted by Crippen LogP contribution is -2.24. The minimum Gasteiger partial charge on any atom is -0.482 e. The number of anilines is 1. The molecule has 27 heavy (non-hydrogen) atoms. The molecule has 0 atom stereocenters. The summed E-state index contributed by atoms with van der Waals surface area (Å²) in [7, 11) is 0. The predicted molar refractivity (Wildman–Crippen MR) is 94.6 cm³/mol. The maximum absolute atomic E-state index is 11.8. The molecule has 0 aliphatic heterocycles. The minimum absolute atomic E-state index is 0.000784. The molecule has 1 N–H and O–H groups in total. The molecule has 0 heterocycles. The van der Waals surface area contributed by atoms with Crippen LogP contribution in [0.5, 0.6) is 5.75 Å². The summed E-state index contributed by atoms with van der Waals surface area (Å²) in [4.78, 5) is 45.0. The third-order valence-corrected chi connectivity index (χ3v) is 3.34. The molecule has 1 amide bonds. The molecule has 0 aliphatic carbocycles. The Labute approximate surface area is 154 Å². The molecule has 9 nitrogen and oxygen atoms in total. The van der Waals surface area contributed by atoms with E-state index in [1.807, 2.05) is 0 Å². The van der Waals surface area contributed by atoms with Gasteiger partial charge < -0.3 is 14.8 Å². The van der Waals surface area contributed by atoms with Crippen LogP contribution in [0.3, 0.4) is 0 Å². The van der Waals surface area contributed by atoms with Gasteiger partial charge in [-0.25, -0.2) is 4.79 Å². The van der Waals surface area contributed by atoms with Crippen LogP contribution in [-0.4, -0.2) is 35.8 Å². The van der Waals surface area contributed by atoms with Crippen molar-refractivity contribution in [2.75, 3.05) is 18.5 Å². The van der Waals surface area contributed by atoms with E-state index in [1.54, 1.807) is 18.2 Å². The molecule has 0 aromatic heterocycles. The van der Waals surface area contributed by atoms with Gasteiger partial charge in [0.1, 0.15) is 11.4 Å². The molecule has 2 aromatic rings. The molecular weight excluding hydrogens is 356 g/mol. The van der Waals surface area contributed by atoms with Gasteiger partial charge in [0.25, 0.3) is 11.6 Å². The van der Waals surface area contributed by atoms with E-state index in [4.69, 9.17) is 9.47 Å². The Morgan fingerprint density at radius 3 is 2.52 bits per heavy atom. The highest BCUT2D eigenvalue weighted by Gasteiger charge is 2.16. The molecule has 0 saturated heterocycles. The largest absolute Gasteiger partial charge is 0.482 e. The first kappa shape index (κ1) is 19.6. The number of hydrogen-bond donors (Lipinski definition) is 1. The van der Waals surface area contributed by atoms with Crippen LogP contribution in [0.1, 0.15) is 17.3 Å². The average molecular weight is 372 g/mol. The third kappa shape index (κ3) is 5.92. The molecule has 0 saturated carbocycles. The highest BCUT2D eigenvalue weighted by atomic mass is 16.6. The van der Waals surface area contributed by atoms with Gasteiger partial charge in [0.2, 0.25) is 0 Å². The monoisotopic (exact) mass is 372 g/mol. The third-order valence-electron chi connectivity index (χ3n) is 3.34. The maximum atomic E-state index is 11.8. The number of nitro benzene ring substituents is 1. The van der Waals surface area contributed by atoms with Crippen LogP contribution in [0.2, 0.25) is 0 Å². The molecule has 0 radical (unpaired) electrons. The maximum Gasteiger partial charge on any atom is 0.344 e. The standard InChI is InChI=1S/C18H16N2O7/c1-12(21)13-5-4-6-14(9-13)26-11-18(23)27-10-17(22)19-15-7-2-3-8-16(15)20(24)25/h2-9H,10-11H2,1H3,(H,19,22). The fourth-order valence-corrected chi connectivity index (χ4v) is 2.06. The van der Waals surface area contributed by atoms with Crippen LogP contribution in [0.15, 0.2) is 48.5 Å². The summed E-state index contributed by atoms with van der Waals surface area (Å²) >= 11 is 0. The summed E-state index contributed by atoms with van der Waals surface area (Å²) in [6.45, 7) is 0.324. The first-order valence-electron chi connectivity index (χ1n) is 7.79. The molecule has 9 heteroatoms. The number of nitrogens with zero attached hydrogens (tertiary/aromatic N) is 1. The number of para-hydroxylation sites is 2. The molecule has 2 rings (SSSR count). The molecular formula is C18H16N2O7. The van der Waals surface area contributed by atoms with Gasteiger partial charge in [0.05, 0.1) is 4.92 Å². The van der Waals surface area contributed by atoms with E-state index in [0.29, 0.717) is 11.3 Å². The zero-order chi connectivity index (χ0) is 19.8. The van der Waals surface area contributed by atoms with Crippen LogP contribution < -0.4 is 10.1 Å². The smallest absolute Gasteiger partial charge is 0.344 e. The van der Waals surface area contributed by atoms with Crippen LogP contribution in [0.25, 0.3) is 0 Å². The number of carbonyl (C=O) groups is 3. The molecule has 0 bridgehead atoms. The number of ketones is 1. The average Bonchev–Trinajstić information content (AvgIpc) is 2.65. The lowest BCUT2D eigenvalue weighted by Gasteiger charge is -2.08. The zero-order valence-electron chi connectivity index (χ0n) is 14.3. The van der Waals surface area contributed by atoms with Crippen molar-refractivity contribution in [2.45, 2.75) is 6.92 Å². The SMILES string of the molecule is CC(=O)c1cccc(OCC(=O)OCC(=O)Nc2ccccc2[N+](=O)[O-])c1. The minimum atomic E-state index is -0.805. The number of esters is 1. The fourth-order valence-electron chi connectivity index (χ4n) is 2.06. The van der Waals surface area contributed by atoms with Crippen molar-refractivity contribution >= 4 is 29.0 Å². The summed E-state index contributed by atoms with van der Waals surface area (Å²) in [5, 5.41) is 13.2. The Morgan fingerprint density at radius 2 is 1.81 bits per heavy atom. The van der Waals surface area contributed by atoms with E-state index in [1.165, 1.54) is 37.3 Å². The Balaban J connectivity index is 1.82. The van der Waals surface area contributed by atoms with Gasteiger partial charge in [-0.1, -0.05) is 24.3 Å². The lowest BCUT2D eigenvalue weighted by atomic mass is 10.1. The second kappa shape index (κ2) is 9.09. The van der Waals surface area contributed by atoms with E-state index in [0.717, 1.165) is 0 Å². The van der Waals surface area contributed by atoms with Crippen LogP contribution >= 0.6 is 0 Å².